The van der Waals surface area contributed by atoms with Gasteiger partial charge in [0.25, 0.3) is 5.91 Å². The van der Waals surface area contributed by atoms with E-state index in [1.54, 1.807) is 0 Å². The summed E-state index contributed by atoms with van der Waals surface area (Å²) in [6.45, 7) is 1.96. The van der Waals surface area contributed by atoms with Crippen molar-refractivity contribution in [1.82, 2.24) is 5.32 Å². The van der Waals surface area contributed by atoms with Gasteiger partial charge in [-0.3, -0.25) is 9.59 Å². The van der Waals surface area contributed by atoms with Crippen molar-refractivity contribution < 1.29 is 24.2 Å². The number of amides is 1. The molecule has 136 valence electrons. The van der Waals surface area contributed by atoms with E-state index in [2.05, 4.69) is 5.32 Å². The minimum Gasteiger partial charge on any atom is -0.494 e. The van der Waals surface area contributed by atoms with Crippen molar-refractivity contribution in [3.63, 3.8) is 0 Å². The van der Waals surface area contributed by atoms with E-state index in [0.29, 0.717) is 44.1 Å². The Hall–Kier alpha value is -2.86. The summed E-state index contributed by atoms with van der Waals surface area (Å²) >= 11 is 0. The standard InChI is InChI=1S/C20H21NO5/c22-19(23)2-1-9-26-18-7-3-14(4-8-18)11-21-20(24)15-5-6-16-12-25-13-17(16)10-15/h3-8,10H,1-2,9,11-13H2,(H,21,24)(H,22,23). The number of hydrogen-bond acceptors (Lipinski definition) is 4. The Morgan fingerprint density at radius 1 is 1.08 bits per heavy atom. The number of carbonyl (C=O) groups excluding carboxylic acids is 1. The fraction of sp³-hybridized carbons (Fsp3) is 0.300. The van der Waals surface area contributed by atoms with Crippen LogP contribution in [-0.2, 0) is 29.3 Å². The number of hydrogen-bond donors (Lipinski definition) is 2. The first-order valence-electron chi connectivity index (χ1n) is 8.53. The lowest BCUT2D eigenvalue weighted by atomic mass is 10.1. The van der Waals surface area contributed by atoms with Gasteiger partial charge in [-0.25, -0.2) is 0 Å². The number of carbonyl (C=O) groups is 2. The van der Waals surface area contributed by atoms with E-state index in [0.717, 1.165) is 16.7 Å². The smallest absolute Gasteiger partial charge is 0.303 e. The van der Waals surface area contributed by atoms with Crippen LogP contribution < -0.4 is 10.1 Å². The van der Waals surface area contributed by atoms with Gasteiger partial charge in [-0.2, -0.15) is 0 Å². The number of carboxylic acids is 1. The van der Waals surface area contributed by atoms with Crippen LogP contribution in [0.15, 0.2) is 42.5 Å². The first-order chi connectivity index (χ1) is 12.6. The number of benzene rings is 2. The quantitative estimate of drug-likeness (QED) is 0.711. The molecule has 0 atom stereocenters. The largest absolute Gasteiger partial charge is 0.494 e. The molecule has 0 unspecified atom stereocenters. The minimum atomic E-state index is -0.824. The van der Waals surface area contributed by atoms with Gasteiger partial charge in [-0.15, -0.1) is 0 Å². The maximum atomic E-state index is 12.3. The predicted molar refractivity (Wildman–Crippen MR) is 94.9 cm³/mol. The molecule has 0 spiro atoms. The molecule has 2 aromatic carbocycles. The number of aliphatic carboxylic acids is 1. The van der Waals surface area contributed by atoms with Crippen LogP contribution in [0.5, 0.6) is 5.75 Å². The van der Waals surface area contributed by atoms with E-state index in [9.17, 15) is 9.59 Å². The fourth-order valence-corrected chi connectivity index (χ4v) is 2.71. The Bertz CT molecular complexity index is 785. The number of nitrogens with one attached hydrogen (secondary N) is 1. The zero-order chi connectivity index (χ0) is 18.4. The van der Waals surface area contributed by atoms with Crippen molar-refractivity contribution in [2.45, 2.75) is 32.6 Å². The molecule has 0 radical (unpaired) electrons. The molecule has 2 N–H and O–H groups in total. The molecule has 3 rings (SSSR count). The van der Waals surface area contributed by atoms with E-state index in [1.807, 2.05) is 42.5 Å². The van der Waals surface area contributed by atoms with Crippen molar-refractivity contribution in [1.29, 1.82) is 0 Å². The van der Waals surface area contributed by atoms with Crippen LogP contribution in [-0.4, -0.2) is 23.6 Å². The molecule has 1 amide bonds. The summed E-state index contributed by atoms with van der Waals surface area (Å²) in [6, 6.07) is 13.0. The predicted octanol–water partition coefficient (Wildman–Crippen LogP) is 2.89. The van der Waals surface area contributed by atoms with Crippen LogP contribution in [0.2, 0.25) is 0 Å². The number of rotatable bonds is 8. The maximum absolute atomic E-state index is 12.3. The topological polar surface area (TPSA) is 84.9 Å². The summed E-state index contributed by atoms with van der Waals surface area (Å²) < 4.78 is 10.9. The second kappa shape index (κ2) is 8.49. The Morgan fingerprint density at radius 3 is 2.62 bits per heavy atom. The first-order valence-corrected chi connectivity index (χ1v) is 8.53. The maximum Gasteiger partial charge on any atom is 0.303 e. The van der Waals surface area contributed by atoms with Gasteiger partial charge in [-0.1, -0.05) is 18.2 Å². The normalized spacial score (nSPS) is 12.5. The highest BCUT2D eigenvalue weighted by Crippen LogP contribution is 2.21. The molecule has 0 saturated carbocycles. The third-order valence-corrected chi connectivity index (χ3v) is 4.16. The van der Waals surface area contributed by atoms with Crippen LogP contribution in [0.25, 0.3) is 0 Å². The molecule has 6 heteroatoms. The van der Waals surface area contributed by atoms with Gasteiger partial charge in [0.1, 0.15) is 5.75 Å². The van der Waals surface area contributed by atoms with Crippen molar-refractivity contribution >= 4 is 11.9 Å². The molecule has 1 aliphatic heterocycles. The summed E-state index contributed by atoms with van der Waals surface area (Å²) in [5, 5.41) is 11.5. The second-order valence-corrected chi connectivity index (χ2v) is 6.15. The third kappa shape index (κ3) is 4.83. The van der Waals surface area contributed by atoms with Crippen LogP contribution >= 0.6 is 0 Å². The summed E-state index contributed by atoms with van der Waals surface area (Å²) in [6.07, 6.45) is 0.567. The van der Waals surface area contributed by atoms with E-state index >= 15 is 0 Å². The number of fused-ring (bicyclic) bond motifs is 1. The molecule has 6 nitrogen and oxygen atoms in total. The molecule has 1 aliphatic rings. The molecule has 1 heterocycles. The lowest BCUT2D eigenvalue weighted by Gasteiger charge is -2.08. The van der Waals surface area contributed by atoms with Crippen LogP contribution in [0.1, 0.15) is 39.9 Å². The SMILES string of the molecule is O=C(O)CCCOc1ccc(CNC(=O)c2ccc3c(c2)COC3)cc1. The Labute approximate surface area is 151 Å². The van der Waals surface area contributed by atoms with Crippen molar-refractivity contribution in [3.8, 4) is 5.75 Å². The van der Waals surface area contributed by atoms with Gasteiger partial charge in [0, 0.05) is 18.5 Å². The molecule has 0 saturated heterocycles. The van der Waals surface area contributed by atoms with Crippen molar-refractivity contribution in [3.05, 3.63) is 64.7 Å². The molecule has 0 fully saturated rings. The summed E-state index contributed by atoms with van der Waals surface area (Å²) in [4.78, 5) is 22.7. The molecule has 26 heavy (non-hydrogen) atoms. The highest BCUT2D eigenvalue weighted by molar-refractivity contribution is 5.94. The second-order valence-electron chi connectivity index (χ2n) is 6.15. The van der Waals surface area contributed by atoms with Gasteiger partial charge >= 0.3 is 5.97 Å². The Balaban J connectivity index is 1.47. The molecular formula is C20H21NO5. The lowest BCUT2D eigenvalue weighted by molar-refractivity contribution is -0.137. The van der Waals surface area contributed by atoms with Crippen molar-refractivity contribution in [2.75, 3.05) is 6.61 Å². The molecule has 2 aromatic rings. The average molecular weight is 355 g/mol. The highest BCUT2D eigenvalue weighted by atomic mass is 16.5. The van der Waals surface area contributed by atoms with E-state index in [1.165, 1.54) is 0 Å². The van der Waals surface area contributed by atoms with E-state index in [4.69, 9.17) is 14.6 Å². The number of carboxylic acid groups (broad SMARTS) is 1. The van der Waals surface area contributed by atoms with Gasteiger partial charge in [0.15, 0.2) is 0 Å². The van der Waals surface area contributed by atoms with Crippen molar-refractivity contribution in [2.24, 2.45) is 0 Å². The number of ether oxygens (including phenoxy) is 2. The highest BCUT2D eigenvalue weighted by Gasteiger charge is 2.14. The van der Waals surface area contributed by atoms with E-state index < -0.39 is 5.97 Å². The van der Waals surface area contributed by atoms with Crippen LogP contribution in [0.3, 0.4) is 0 Å². The first kappa shape index (κ1) is 17.9. The summed E-state index contributed by atoms with van der Waals surface area (Å²) in [7, 11) is 0. The Morgan fingerprint density at radius 2 is 1.85 bits per heavy atom. The third-order valence-electron chi connectivity index (χ3n) is 4.16. The Kier molecular flexibility index (Phi) is 5.86. The van der Waals surface area contributed by atoms with Crippen LogP contribution in [0, 0.1) is 0 Å². The molecule has 0 aliphatic carbocycles. The zero-order valence-electron chi connectivity index (χ0n) is 14.4. The lowest BCUT2D eigenvalue weighted by Crippen LogP contribution is -2.22. The van der Waals surface area contributed by atoms with Crippen LogP contribution in [0.4, 0.5) is 0 Å². The van der Waals surface area contributed by atoms with Gasteiger partial charge in [0.2, 0.25) is 0 Å². The molecular weight excluding hydrogens is 334 g/mol. The molecule has 0 bridgehead atoms. The summed E-state index contributed by atoms with van der Waals surface area (Å²) in [5.41, 5.74) is 3.80. The average Bonchev–Trinajstić information content (AvgIpc) is 3.12. The van der Waals surface area contributed by atoms with Gasteiger partial charge < -0.3 is 19.9 Å². The van der Waals surface area contributed by atoms with Gasteiger partial charge in [-0.05, 0) is 47.4 Å². The fourth-order valence-electron chi connectivity index (χ4n) is 2.71. The minimum absolute atomic E-state index is 0.0962. The van der Waals surface area contributed by atoms with E-state index in [-0.39, 0.29) is 12.3 Å². The van der Waals surface area contributed by atoms with Gasteiger partial charge in [0.05, 0.1) is 19.8 Å². The zero-order valence-corrected chi connectivity index (χ0v) is 14.4. The molecule has 0 aromatic heterocycles. The summed E-state index contributed by atoms with van der Waals surface area (Å²) in [5.74, 6) is -0.256. The monoisotopic (exact) mass is 355 g/mol.